The summed E-state index contributed by atoms with van der Waals surface area (Å²) in [6, 6.07) is 7.93. The molecule has 42 heavy (non-hydrogen) atoms. The maximum Gasteiger partial charge on any atom is 0.241 e. The number of benzene rings is 1. The molecule has 0 bridgehead atoms. The first-order chi connectivity index (χ1) is 20.0. The molecule has 1 aliphatic heterocycles. The Kier molecular flexibility index (Phi) is 9.39. The van der Waals surface area contributed by atoms with Gasteiger partial charge in [-0.3, -0.25) is 9.59 Å². The van der Waals surface area contributed by atoms with Gasteiger partial charge in [0.15, 0.2) is 15.0 Å². The Balaban J connectivity index is 1.22. The van der Waals surface area contributed by atoms with Gasteiger partial charge in [-0.15, -0.1) is 11.3 Å². The molecule has 0 spiro atoms. The molecule has 12 heteroatoms. The molecule has 4 N–H and O–H groups in total. The van der Waals surface area contributed by atoms with Crippen LogP contribution >= 0.6 is 11.3 Å². The lowest BCUT2D eigenvalue weighted by molar-refractivity contribution is -0.906. The Labute approximate surface area is 252 Å². The van der Waals surface area contributed by atoms with Crippen molar-refractivity contribution in [3.8, 4) is 0 Å². The zero-order valence-corrected chi connectivity index (χ0v) is 26.2. The first-order valence-electron chi connectivity index (χ1n) is 14.9. The van der Waals surface area contributed by atoms with Crippen LogP contribution in [0.25, 0.3) is 0 Å². The van der Waals surface area contributed by atoms with Gasteiger partial charge in [-0.05, 0) is 48.6 Å². The normalized spacial score (nSPS) is 28.8. The van der Waals surface area contributed by atoms with E-state index in [2.05, 4.69) is 24.5 Å². The smallest absolute Gasteiger partial charge is 0.241 e. The first kappa shape index (κ1) is 31.1. The SMILES string of the molecule is C[C@H](C(=O)NCC[NH+]1CCOCC1)[C@H]1CC[C@@]2(C)Cc3sc(NC(=O)CS(=O)(=O)c4ccccc4)nc3[C@@H](C)[C@@H]2[C@H]1O. The lowest BCUT2D eigenvalue weighted by Crippen LogP contribution is -3.14. The van der Waals surface area contributed by atoms with Gasteiger partial charge < -0.3 is 25.4 Å². The van der Waals surface area contributed by atoms with E-state index < -0.39 is 27.6 Å². The van der Waals surface area contributed by atoms with Gasteiger partial charge in [-0.25, -0.2) is 13.4 Å². The van der Waals surface area contributed by atoms with Crippen LogP contribution in [0.3, 0.4) is 0 Å². The van der Waals surface area contributed by atoms with Crippen molar-refractivity contribution in [2.75, 3.05) is 50.5 Å². The van der Waals surface area contributed by atoms with Gasteiger partial charge >= 0.3 is 0 Å². The molecule has 1 aromatic heterocycles. The predicted octanol–water partition coefficient (Wildman–Crippen LogP) is 1.28. The average Bonchev–Trinajstić information content (AvgIpc) is 3.35. The number of anilines is 1. The Bertz CT molecular complexity index is 1380. The fourth-order valence-corrected chi connectivity index (χ4v) is 9.70. The zero-order chi connectivity index (χ0) is 30.1. The molecule has 2 amide bonds. The van der Waals surface area contributed by atoms with Gasteiger partial charge in [-0.1, -0.05) is 39.0 Å². The Morgan fingerprint density at radius 2 is 1.95 bits per heavy atom. The number of fused-ring (bicyclic) bond motifs is 2. The van der Waals surface area contributed by atoms with Crippen LogP contribution in [0, 0.1) is 23.2 Å². The van der Waals surface area contributed by atoms with E-state index in [9.17, 15) is 23.1 Å². The minimum atomic E-state index is -3.77. The standard InChI is InChI=1S/C30H42N4O6S2/c1-19(28(37)31-11-12-34-13-15-40-16-14-34)22-9-10-30(3)17-23-26(20(2)25(30)27(22)36)33-29(41-23)32-24(35)18-42(38,39)21-7-5-4-6-8-21/h4-8,19-20,22,25,27,36H,9-18H2,1-3H3,(H,31,37)(H,32,33,35)/p+1/t19-,20-,22+,25+,27-,30-/m0/s1. The maximum atomic E-state index is 13.1. The number of amides is 2. The fourth-order valence-electron chi connectivity index (χ4n) is 7.27. The van der Waals surface area contributed by atoms with E-state index >= 15 is 0 Å². The van der Waals surface area contributed by atoms with Crippen molar-refractivity contribution >= 4 is 38.1 Å². The number of carbonyl (C=O) groups is 2. The number of aromatic nitrogens is 1. The molecule has 1 saturated heterocycles. The number of hydrogen-bond donors (Lipinski definition) is 4. The summed E-state index contributed by atoms with van der Waals surface area (Å²) in [4.78, 5) is 33.1. The Morgan fingerprint density at radius 3 is 2.67 bits per heavy atom. The van der Waals surface area contributed by atoms with Crippen molar-refractivity contribution in [2.24, 2.45) is 23.2 Å². The molecule has 0 unspecified atom stereocenters. The summed E-state index contributed by atoms with van der Waals surface area (Å²) in [5.41, 5.74) is 0.678. The topological polar surface area (TPSA) is 139 Å². The minimum Gasteiger partial charge on any atom is -0.392 e. The highest BCUT2D eigenvalue weighted by molar-refractivity contribution is 7.92. The number of morpholine rings is 1. The summed E-state index contributed by atoms with van der Waals surface area (Å²) in [5.74, 6) is -1.92. The Hall–Kier alpha value is -2.38. The third kappa shape index (κ3) is 6.57. The number of rotatable bonds is 9. The van der Waals surface area contributed by atoms with Gasteiger partial charge in [-0.2, -0.15) is 0 Å². The van der Waals surface area contributed by atoms with E-state index in [0.29, 0.717) is 11.7 Å². The summed E-state index contributed by atoms with van der Waals surface area (Å²) < 4.78 is 30.7. The highest BCUT2D eigenvalue weighted by Gasteiger charge is 2.54. The van der Waals surface area contributed by atoms with Crippen LogP contribution in [0.5, 0.6) is 0 Å². The monoisotopic (exact) mass is 619 g/mol. The van der Waals surface area contributed by atoms with Crippen LogP contribution in [0.2, 0.25) is 0 Å². The van der Waals surface area contributed by atoms with Gasteiger partial charge in [0.25, 0.3) is 0 Å². The summed E-state index contributed by atoms with van der Waals surface area (Å²) in [6.45, 7) is 11.1. The predicted molar refractivity (Wildman–Crippen MR) is 160 cm³/mol. The van der Waals surface area contributed by atoms with E-state index in [1.807, 2.05) is 6.92 Å². The van der Waals surface area contributed by atoms with Gasteiger partial charge in [0, 0.05) is 16.7 Å². The average molecular weight is 620 g/mol. The number of carbonyl (C=O) groups excluding carboxylic acids is 2. The molecular formula is C30H43N4O6S2+. The molecule has 5 rings (SSSR count). The zero-order valence-electron chi connectivity index (χ0n) is 24.6. The molecule has 2 aromatic rings. The molecule has 3 aliphatic rings. The molecule has 2 fully saturated rings. The third-order valence-corrected chi connectivity index (χ3v) is 12.2. The van der Waals surface area contributed by atoms with Crippen LogP contribution in [-0.2, 0) is 30.6 Å². The summed E-state index contributed by atoms with van der Waals surface area (Å²) in [7, 11) is -3.77. The quantitative estimate of drug-likeness (QED) is 0.332. The van der Waals surface area contributed by atoms with Crippen molar-refractivity contribution in [3.05, 3.63) is 40.9 Å². The number of ether oxygens (including phenoxy) is 1. The number of thiazole rings is 1. The lowest BCUT2D eigenvalue weighted by atomic mass is 9.53. The van der Waals surface area contributed by atoms with E-state index in [0.717, 1.165) is 62.7 Å². The van der Waals surface area contributed by atoms with E-state index in [1.165, 1.54) is 28.4 Å². The second-order valence-corrected chi connectivity index (χ2v) is 15.6. The highest BCUT2D eigenvalue weighted by Crippen LogP contribution is 2.57. The number of aliphatic hydroxyl groups is 1. The second-order valence-electron chi connectivity index (χ2n) is 12.5. The fraction of sp³-hybridized carbons (Fsp3) is 0.633. The van der Waals surface area contributed by atoms with Crippen LogP contribution < -0.4 is 15.5 Å². The molecule has 10 nitrogen and oxygen atoms in total. The molecule has 2 aliphatic carbocycles. The van der Waals surface area contributed by atoms with Gasteiger partial charge in [0.2, 0.25) is 11.8 Å². The van der Waals surface area contributed by atoms with Crippen LogP contribution in [-0.4, -0.2) is 81.6 Å². The molecule has 1 saturated carbocycles. The van der Waals surface area contributed by atoms with Crippen LogP contribution in [0.1, 0.15) is 50.1 Å². The summed E-state index contributed by atoms with van der Waals surface area (Å²) in [5, 5.41) is 17.9. The van der Waals surface area contributed by atoms with Crippen molar-refractivity contribution in [2.45, 2.75) is 57.0 Å². The van der Waals surface area contributed by atoms with Gasteiger partial charge in [0.1, 0.15) is 18.8 Å². The second kappa shape index (κ2) is 12.7. The molecule has 0 radical (unpaired) electrons. The summed E-state index contributed by atoms with van der Waals surface area (Å²) >= 11 is 1.38. The number of quaternary nitrogens is 1. The van der Waals surface area contributed by atoms with Crippen LogP contribution in [0.15, 0.2) is 35.2 Å². The Morgan fingerprint density at radius 1 is 1.24 bits per heavy atom. The number of nitrogens with one attached hydrogen (secondary N) is 3. The van der Waals surface area contributed by atoms with Gasteiger partial charge in [0.05, 0.1) is 43.0 Å². The molecule has 2 heterocycles. The lowest BCUT2D eigenvalue weighted by Gasteiger charge is -2.53. The van der Waals surface area contributed by atoms with E-state index in [-0.39, 0.29) is 39.9 Å². The first-order valence-corrected chi connectivity index (χ1v) is 17.4. The minimum absolute atomic E-state index is 0.0106. The molecular weight excluding hydrogens is 576 g/mol. The number of aliphatic hydroxyl groups excluding tert-OH is 1. The van der Waals surface area contributed by atoms with E-state index in [1.54, 1.807) is 18.2 Å². The molecule has 1 aromatic carbocycles. The highest BCUT2D eigenvalue weighted by atomic mass is 32.2. The number of sulfone groups is 1. The largest absolute Gasteiger partial charge is 0.392 e. The molecule has 6 atom stereocenters. The maximum absolute atomic E-state index is 13.1. The third-order valence-electron chi connectivity index (χ3n) is 9.63. The van der Waals surface area contributed by atoms with Crippen molar-refractivity contribution < 1.29 is 32.8 Å². The number of nitrogens with zero attached hydrogens (tertiary/aromatic N) is 1. The van der Waals surface area contributed by atoms with Crippen molar-refractivity contribution in [1.82, 2.24) is 10.3 Å². The van der Waals surface area contributed by atoms with Crippen molar-refractivity contribution in [1.29, 1.82) is 0 Å². The van der Waals surface area contributed by atoms with Crippen molar-refractivity contribution in [3.63, 3.8) is 0 Å². The summed E-state index contributed by atoms with van der Waals surface area (Å²) in [6.07, 6.45) is 1.71. The molecule has 230 valence electrons. The number of hydrogen-bond acceptors (Lipinski definition) is 8. The van der Waals surface area contributed by atoms with E-state index in [4.69, 9.17) is 9.72 Å². The van der Waals surface area contributed by atoms with Crippen LogP contribution in [0.4, 0.5) is 5.13 Å².